The van der Waals surface area contributed by atoms with Crippen molar-refractivity contribution in [3.8, 4) is 0 Å². The molecule has 1 aliphatic heterocycles. The number of benzene rings is 2. The van der Waals surface area contributed by atoms with Gasteiger partial charge in [-0.3, -0.25) is 14.9 Å². The second-order valence-corrected chi connectivity index (χ2v) is 7.92. The lowest BCUT2D eigenvalue weighted by Gasteiger charge is -2.32. The van der Waals surface area contributed by atoms with Gasteiger partial charge < -0.3 is 4.90 Å². The predicted molar refractivity (Wildman–Crippen MR) is 109 cm³/mol. The Bertz CT molecular complexity index is 757. The van der Waals surface area contributed by atoms with Gasteiger partial charge in [-0.2, -0.15) is 0 Å². The molecule has 0 aliphatic carbocycles. The Hall–Kier alpha value is -2.34. The summed E-state index contributed by atoms with van der Waals surface area (Å²) >= 11 is 1.56. The molecular weight excluding hydrogens is 360 g/mol. The van der Waals surface area contributed by atoms with Crippen molar-refractivity contribution in [2.75, 3.05) is 18.8 Å². The molecule has 0 radical (unpaired) electrons. The van der Waals surface area contributed by atoms with Crippen LogP contribution >= 0.6 is 11.8 Å². The van der Waals surface area contributed by atoms with Gasteiger partial charge in [0.25, 0.3) is 5.69 Å². The smallest absolute Gasteiger partial charge is 0.269 e. The molecule has 1 saturated heterocycles. The Labute approximate surface area is 163 Å². The number of carbonyl (C=O) groups is 1. The molecule has 0 N–H and O–H groups in total. The van der Waals surface area contributed by atoms with Crippen molar-refractivity contribution >= 4 is 23.4 Å². The summed E-state index contributed by atoms with van der Waals surface area (Å²) in [6.45, 7) is 1.68. The van der Waals surface area contributed by atoms with Gasteiger partial charge in [-0.1, -0.05) is 42.5 Å². The quantitative estimate of drug-likeness (QED) is 0.527. The maximum Gasteiger partial charge on any atom is 0.269 e. The molecule has 0 aromatic heterocycles. The number of amides is 1. The molecule has 0 atom stereocenters. The van der Waals surface area contributed by atoms with Crippen LogP contribution in [-0.4, -0.2) is 34.6 Å². The molecule has 6 heteroatoms. The Morgan fingerprint density at radius 2 is 1.70 bits per heavy atom. The summed E-state index contributed by atoms with van der Waals surface area (Å²) in [5, 5.41) is 10.7. The van der Waals surface area contributed by atoms with Gasteiger partial charge in [0.05, 0.1) is 10.7 Å². The summed E-state index contributed by atoms with van der Waals surface area (Å²) in [6.07, 6.45) is 3.22. The summed E-state index contributed by atoms with van der Waals surface area (Å²) in [5.74, 6) is 2.00. The number of carbonyl (C=O) groups excluding carboxylic acids is 1. The molecule has 2 aromatic carbocycles. The average Bonchev–Trinajstić information content (AvgIpc) is 2.69. The van der Waals surface area contributed by atoms with E-state index in [2.05, 4.69) is 24.3 Å². The molecule has 0 saturated carbocycles. The van der Waals surface area contributed by atoms with Gasteiger partial charge in [-0.15, -0.1) is 11.8 Å². The third-order valence-electron chi connectivity index (χ3n) is 4.98. The average molecular weight is 385 g/mol. The number of rotatable bonds is 7. The normalized spacial score (nSPS) is 14.9. The van der Waals surface area contributed by atoms with E-state index in [0.717, 1.165) is 37.9 Å². The van der Waals surface area contributed by atoms with Crippen molar-refractivity contribution < 1.29 is 9.72 Å². The van der Waals surface area contributed by atoms with E-state index in [9.17, 15) is 14.9 Å². The van der Waals surface area contributed by atoms with Crippen LogP contribution in [0.1, 0.15) is 24.0 Å². The topological polar surface area (TPSA) is 63.4 Å². The first-order valence-electron chi connectivity index (χ1n) is 9.24. The summed E-state index contributed by atoms with van der Waals surface area (Å²) < 4.78 is 0. The lowest BCUT2D eigenvalue weighted by Crippen LogP contribution is -2.39. The number of thioether (sulfide) groups is 1. The molecule has 5 nitrogen and oxygen atoms in total. The molecule has 1 heterocycles. The maximum absolute atomic E-state index is 12.4. The van der Waals surface area contributed by atoms with Crippen LogP contribution in [0.4, 0.5) is 5.69 Å². The fourth-order valence-electron chi connectivity index (χ4n) is 3.40. The maximum atomic E-state index is 12.4. The minimum Gasteiger partial charge on any atom is -0.342 e. The lowest BCUT2D eigenvalue weighted by atomic mass is 9.90. The van der Waals surface area contributed by atoms with E-state index >= 15 is 0 Å². The van der Waals surface area contributed by atoms with Crippen LogP contribution in [0, 0.1) is 16.0 Å². The van der Waals surface area contributed by atoms with Crippen molar-refractivity contribution in [1.29, 1.82) is 0 Å². The van der Waals surface area contributed by atoms with Crippen LogP contribution in [0.2, 0.25) is 0 Å². The SMILES string of the molecule is O=C(CSCc1ccc([N+](=O)[O-])cc1)N1CCC(Cc2ccccc2)CC1. The monoisotopic (exact) mass is 384 g/mol. The predicted octanol–water partition coefficient (Wildman–Crippen LogP) is 4.31. The standard InChI is InChI=1S/C21H24N2O3S/c24-21(16-27-15-19-6-8-20(9-7-19)23(25)26)22-12-10-18(11-13-22)14-17-4-2-1-3-5-17/h1-9,18H,10-16H2. The Morgan fingerprint density at radius 1 is 1.04 bits per heavy atom. The minimum atomic E-state index is -0.401. The van der Waals surface area contributed by atoms with Crippen molar-refractivity contribution in [2.45, 2.75) is 25.0 Å². The van der Waals surface area contributed by atoms with Crippen molar-refractivity contribution in [3.05, 3.63) is 75.8 Å². The molecule has 2 aromatic rings. The third kappa shape index (κ3) is 5.82. The fourth-order valence-corrected chi connectivity index (χ4v) is 4.28. The second-order valence-electron chi connectivity index (χ2n) is 6.93. The van der Waals surface area contributed by atoms with Gasteiger partial charge in [0.2, 0.25) is 5.91 Å². The van der Waals surface area contributed by atoms with E-state index in [1.54, 1.807) is 23.9 Å². The molecule has 1 aliphatic rings. The third-order valence-corrected chi connectivity index (χ3v) is 5.96. The second kappa shape index (κ2) is 9.55. The van der Waals surface area contributed by atoms with Crippen LogP contribution in [0.25, 0.3) is 0 Å². The highest BCUT2D eigenvalue weighted by molar-refractivity contribution is 7.99. The molecule has 0 bridgehead atoms. The summed E-state index contributed by atoms with van der Waals surface area (Å²) in [4.78, 5) is 24.7. The van der Waals surface area contributed by atoms with Crippen LogP contribution in [0.5, 0.6) is 0 Å². The van der Waals surface area contributed by atoms with E-state index < -0.39 is 4.92 Å². The molecular formula is C21H24N2O3S. The van der Waals surface area contributed by atoms with E-state index in [1.165, 1.54) is 17.7 Å². The first kappa shape index (κ1) is 19.4. The number of likely N-dealkylation sites (tertiary alicyclic amines) is 1. The van der Waals surface area contributed by atoms with Crippen LogP contribution < -0.4 is 0 Å². The molecule has 3 rings (SSSR count). The van der Waals surface area contributed by atoms with Crippen LogP contribution in [0.15, 0.2) is 54.6 Å². The van der Waals surface area contributed by atoms with E-state index in [4.69, 9.17) is 0 Å². The molecule has 0 spiro atoms. The highest BCUT2D eigenvalue weighted by Gasteiger charge is 2.22. The highest BCUT2D eigenvalue weighted by atomic mass is 32.2. The summed E-state index contributed by atoms with van der Waals surface area (Å²) in [6, 6.07) is 17.1. The van der Waals surface area contributed by atoms with Gasteiger partial charge >= 0.3 is 0 Å². The zero-order valence-corrected chi connectivity index (χ0v) is 16.1. The largest absolute Gasteiger partial charge is 0.342 e. The van der Waals surface area contributed by atoms with Gasteiger partial charge in [-0.25, -0.2) is 0 Å². The Balaban J connectivity index is 1.37. The number of hydrogen-bond donors (Lipinski definition) is 0. The zero-order valence-electron chi connectivity index (χ0n) is 15.3. The summed E-state index contributed by atoms with van der Waals surface area (Å²) in [7, 11) is 0. The van der Waals surface area contributed by atoms with Crippen LogP contribution in [-0.2, 0) is 17.0 Å². The number of nitro groups is 1. The first-order chi connectivity index (χ1) is 13.1. The lowest BCUT2D eigenvalue weighted by molar-refractivity contribution is -0.384. The Kier molecular flexibility index (Phi) is 6.87. The van der Waals surface area contributed by atoms with E-state index in [1.807, 2.05) is 11.0 Å². The number of non-ortho nitro benzene ring substituents is 1. The number of hydrogen-bond acceptors (Lipinski definition) is 4. The first-order valence-corrected chi connectivity index (χ1v) is 10.4. The van der Waals surface area contributed by atoms with Crippen molar-refractivity contribution in [2.24, 2.45) is 5.92 Å². The van der Waals surface area contributed by atoms with E-state index in [0.29, 0.717) is 17.4 Å². The fraction of sp³-hybridized carbons (Fsp3) is 0.381. The molecule has 142 valence electrons. The van der Waals surface area contributed by atoms with Gasteiger partial charge in [0, 0.05) is 31.0 Å². The Morgan fingerprint density at radius 3 is 2.33 bits per heavy atom. The number of nitro benzene ring substituents is 1. The molecule has 1 fully saturated rings. The molecule has 1 amide bonds. The molecule has 0 unspecified atom stereocenters. The van der Waals surface area contributed by atoms with Gasteiger partial charge in [-0.05, 0) is 36.3 Å². The highest BCUT2D eigenvalue weighted by Crippen LogP contribution is 2.23. The number of piperidine rings is 1. The number of nitrogens with zero attached hydrogens (tertiary/aromatic N) is 2. The zero-order chi connectivity index (χ0) is 19.1. The minimum absolute atomic E-state index is 0.0956. The van der Waals surface area contributed by atoms with E-state index in [-0.39, 0.29) is 11.6 Å². The van der Waals surface area contributed by atoms with Crippen LogP contribution in [0.3, 0.4) is 0 Å². The van der Waals surface area contributed by atoms with Gasteiger partial charge in [0.1, 0.15) is 0 Å². The molecule has 27 heavy (non-hydrogen) atoms. The van der Waals surface area contributed by atoms with Crippen molar-refractivity contribution in [3.63, 3.8) is 0 Å². The van der Waals surface area contributed by atoms with Crippen molar-refractivity contribution in [1.82, 2.24) is 4.90 Å². The van der Waals surface area contributed by atoms with Gasteiger partial charge in [0.15, 0.2) is 0 Å². The summed E-state index contributed by atoms with van der Waals surface area (Å²) in [5.41, 5.74) is 2.47.